The van der Waals surface area contributed by atoms with E-state index in [0.717, 1.165) is 16.7 Å². The second kappa shape index (κ2) is 6.36. The van der Waals surface area contributed by atoms with Crippen LogP contribution >= 0.6 is 11.6 Å². The van der Waals surface area contributed by atoms with Crippen LogP contribution in [0, 0.1) is 11.2 Å². The summed E-state index contributed by atoms with van der Waals surface area (Å²) in [4.78, 5) is 23.6. The molecule has 0 saturated heterocycles. The normalized spacial score (nSPS) is 15.1. The number of carboxylic acid groups (broad SMARTS) is 1. The SMILES string of the molecule is O=C(Cc1ccc(Cl)cc1-c1ccc(F)cc1)CC1(C(=O)O)CC1. The summed E-state index contributed by atoms with van der Waals surface area (Å²) in [5, 5.41) is 9.73. The van der Waals surface area contributed by atoms with Gasteiger partial charge in [0.05, 0.1) is 5.41 Å². The van der Waals surface area contributed by atoms with Crippen molar-refractivity contribution in [2.24, 2.45) is 5.41 Å². The number of hydrogen-bond donors (Lipinski definition) is 1. The fourth-order valence-corrected chi connectivity index (χ4v) is 3.04. The maximum Gasteiger partial charge on any atom is 0.310 e. The van der Waals surface area contributed by atoms with Crippen molar-refractivity contribution >= 4 is 23.4 Å². The predicted octanol–water partition coefficient (Wildman–Crippen LogP) is 4.51. The van der Waals surface area contributed by atoms with Crippen LogP contribution in [0.3, 0.4) is 0 Å². The first-order valence-corrected chi connectivity index (χ1v) is 8.07. The highest BCUT2D eigenvalue weighted by Crippen LogP contribution is 2.49. The Hall–Kier alpha value is -2.20. The van der Waals surface area contributed by atoms with Crippen molar-refractivity contribution in [1.82, 2.24) is 0 Å². The number of Topliss-reactive ketones (excluding diaryl/α,β-unsaturated/α-hetero) is 1. The third kappa shape index (κ3) is 3.49. The van der Waals surface area contributed by atoms with Gasteiger partial charge in [0.1, 0.15) is 11.6 Å². The number of carboxylic acids is 1. The highest BCUT2D eigenvalue weighted by atomic mass is 35.5. The summed E-state index contributed by atoms with van der Waals surface area (Å²) in [5.41, 5.74) is 1.42. The van der Waals surface area contributed by atoms with Gasteiger partial charge in [-0.25, -0.2) is 4.39 Å². The number of carbonyl (C=O) groups excluding carboxylic acids is 1. The number of aliphatic carboxylic acids is 1. The van der Waals surface area contributed by atoms with Crippen LogP contribution in [0.15, 0.2) is 42.5 Å². The second-order valence-electron chi connectivity index (χ2n) is 6.29. The van der Waals surface area contributed by atoms with E-state index in [2.05, 4.69) is 0 Å². The van der Waals surface area contributed by atoms with E-state index in [-0.39, 0.29) is 24.4 Å². The second-order valence-corrected chi connectivity index (χ2v) is 6.72. The van der Waals surface area contributed by atoms with Gasteiger partial charge in [-0.1, -0.05) is 29.8 Å². The molecule has 124 valence electrons. The maximum atomic E-state index is 13.1. The lowest BCUT2D eigenvalue weighted by Gasteiger charge is -2.12. The van der Waals surface area contributed by atoms with E-state index in [1.807, 2.05) is 0 Å². The molecule has 0 bridgehead atoms. The average molecular weight is 347 g/mol. The molecule has 0 heterocycles. The highest BCUT2D eigenvalue weighted by molar-refractivity contribution is 6.30. The molecular weight excluding hydrogens is 331 g/mol. The molecule has 0 amide bonds. The van der Waals surface area contributed by atoms with Gasteiger partial charge in [0.15, 0.2) is 0 Å². The van der Waals surface area contributed by atoms with Gasteiger partial charge in [-0.05, 0) is 53.8 Å². The number of ketones is 1. The first-order valence-electron chi connectivity index (χ1n) is 7.69. The van der Waals surface area contributed by atoms with Crippen LogP contribution in [0.1, 0.15) is 24.8 Å². The molecule has 0 aromatic heterocycles. The van der Waals surface area contributed by atoms with Crippen molar-refractivity contribution in [2.45, 2.75) is 25.7 Å². The van der Waals surface area contributed by atoms with Crippen molar-refractivity contribution in [2.75, 3.05) is 0 Å². The number of rotatable bonds is 6. The monoisotopic (exact) mass is 346 g/mol. The number of benzene rings is 2. The van der Waals surface area contributed by atoms with Gasteiger partial charge < -0.3 is 5.11 Å². The molecule has 0 atom stereocenters. The number of hydrogen-bond acceptors (Lipinski definition) is 2. The van der Waals surface area contributed by atoms with Gasteiger partial charge in [-0.2, -0.15) is 0 Å². The van der Waals surface area contributed by atoms with Crippen LogP contribution in [-0.4, -0.2) is 16.9 Å². The molecule has 2 aromatic carbocycles. The molecule has 3 rings (SSSR count). The summed E-state index contributed by atoms with van der Waals surface area (Å²) < 4.78 is 13.1. The number of carbonyl (C=O) groups is 2. The number of halogens is 2. The van der Waals surface area contributed by atoms with Gasteiger partial charge in [0.2, 0.25) is 0 Å². The fourth-order valence-electron chi connectivity index (χ4n) is 2.87. The van der Waals surface area contributed by atoms with Crippen LogP contribution in [-0.2, 0) is 16.0 Å². The Morgan fingerprint density at radius 1 is 1.12 bits per heavy atom. The van der Waals surface area contributed by atoms with E-state index in [9.17, 15) is 19.1 Å². The van der Waals surface area contributed by atoms with Gasteiger partial charge >= 0.3 is 5.97 Å². The lowest BCUT2D eigenvalue weighted by Crippen LogP contribution is -2.20. The van der Waals surface area contributed by atoms with E-state index in [1.165, 1.54) is 12.1 Å². The molecule has 0 aliphatic heterocycles. The van der Waals surface area contributed by atoms with Crippen molar-refractivity contribution in [3.05, 3.63) is 58.9 Å². The molecule has 1 N–H and O–H groups in total. The Balaban J connectivity index is 1.84. The summed E-state index contributed by atoms with van der Waals surface area (Å²) in [5.74, 6) is -1.35. The van der Waals surface area contributed by atoms with Crippen molar-refractivity contribution < 1.29 is 19.1 Å². The summed E-state index contributed by atoms with van der Waals surface area (Å²) in [6, 6.07) is 11.2. The molecule has 0 spiro atoms. The third-order valence-corrected chi connectivity index (χ3v) is 4.69. The Morgan fingerprint density at radius 3 is 2.38 bits per heavy atom. The van der Waals surface area contributed by atoms with Crippen molar-refractivity contribution in [1.29, 1.82) is 0 Å². The molecular formula is C19H16ClFO3. The molecule has 2 aromatic rings. The van der Waals surface area contributed by atoms with Crippen LogP contribution in [0.4, 0.5) is 4.39 Å². The largest absolute Gasteiger partial charge is 0.481 e. The minimum Gasteiger partial charge on any atom is -0.481 e. The summed E-state index contributed by atoms with van der Waals surface area (Å²) >= 11 is 6.06. The third-order valence-electron chi connectivity index (χ3n) is 4.46. The summed E-state index contributed by atoms with van der Waals surface area (Å²) in [7, 11) is 0. The van der Waals surface area contributed by atoms with Gasteiger partial charge in [-0.3, -0.25) is 9.59 Å². The molecule has 0 radical (unpaired) electrons. The van der Waals surface area contributed by atoms with E-state index in [4.69, 9.17) is 11.6 Å². The Morgan fingerprint density at radius 2 is 1.79 bits per heavy atom. The lowest BCUT2D eigenvalue weighted by molar-refractivity contribution is -0.145. The minimum atomic E-state index is -0.897. The van der Waals surface area contributed by atoms with Crippen LogP contribution in [0.2, 0.25) is 5.02 Å². The summed E-state index contributed by atoms with van der Waals surface area (Å²) in [6.07, 6.45) is 1.30. The van der Waals surface area contributed by atoms with E-state index >= 15 is 0 Å². The quantitative estimate of drug-likeness (QED) is 0.837. The predicted molar refractivity (Wildman–Crippen MR) is 89.5 cm³/mol. The highest BCUT2D eigenvalue weighted by Gasteiger charge is 2.51. The lowest BCUT2D eigenvalue weighted by atomic mass is 9.92. The maximum absolute atomic E-state index is 13.1. The van der Waals surface area contributed by atoms with Crippen LogP contribution in [0.5, 0.6) is 0 Å². The average Bonchev–Trinajstić information content (AvgIpc) is 3.31. The van der Waals surface area contributed by atoms with E-state index < -0.39 is 11.4 Å². The van der Waals surface area contributed by atoms with Gasteiger partial charge in [0.25, 0.3) is 0 Å². The molecule has 24 heavy (non-hydrogen) atoms. The summed E-state index contributed by atoms with van der Waals surface area (Å²) in [6.45, 7) is 0. The molecule has 1 fully saturated rings. The van der Waals surface area contributed by atoms with Crippen molar-refractivity contribution in [3.63, 3.8) is 0 Å². The Bertz CT molecular complexity index is 795. The van der Waals surface area contributed by atoms with Crippen LogP contribution < -0.4 is 0 Å². The molecule has 3 nitrogen and oxygen atoms in total. The fraction of sp³-hybridized carbons (Fsp3) is 0.263. The van der Waals surface area contributed by atoms with E-state index in [0.29, 0.717) is 17.9 Å². The molecule has 0 unspecified atom stereocenters. The van der Waals surface area contributed by atoms with Gasteiger partial charge in [-0.15, -0.1) is 0 Å². The zero-order valence-corrected chi connectivity index (χ0v) is 13.6. The van der Waals surface area contributed by atoms with Crippen LogP contribution in [0.25, 0.3) is 11.1 Å². The first-order chi connectivity index (χ1) is 11.4. The topological polar surface area (TPSA) is 54.4 Å². The van der Waals surface area contributed by atoms with Gasteiger partial charge in [0, 0.05) is 17.9 Å². The Labute approximate surface area is 144 Å². The first kappa shape index (κ1) is 16.7. The van der Waals surface area contributed by atoms with E-state index in [1.54, 1.807) is 30.3 Å². The zero-order valence-electron chi connectivity index (χ0n) is 12.9. The Kier molecular flexibility index (Phi) is 4.41. The minimum absolute atomic E-state index is 0.0494. The van der Waals surface area contributed by atoms with Crippen molar-refractivity contribution in [3.8, 4) is 11.1 Å². The molecule has 1 saturated carbocycles. The molecule has 5 heteroatoms. The zero-order chi connectivity index (χ0) is 17.3. The standard InChI is InChI=1S/C19H16ClFO3/c20-14-4-1-13(9-16(22)11-19(7-8-19)18(23)24)17(10-14)12-2-5-15(21)6-3-12/h1-6,10H,7-9,11H2,(H,23,24). The smallest absolute Gasteiger partial charge is 0.310 e. The molecule has 1 aliphatic carbocycles. The molecule has 1 aliphatic rings.